The van der Waals surface area contributed by atoms with Crippen LogP contribution in [0.2, 0.25) is 0 Å². The zero-order valence-corrected chi connectivity index (χ0v) is 12.0. The van der Waals surface area contributed by atoms with Crippen molar-refractivity contribution in [2.45, 2.75) is 19.8 Å². The Morgan fingerprint density at radius 2 is 1.80 bits per heavy atom. The molecular weight excluding hydrogens is 254 g/mol. The summed E-state index contributed by atoms with van der Waals surface area (Å²) in [5.74, 6) is 0.989. The normalized spacial score (nSPS) is 12.6. The van der Waals surface area contributed by atoms with E-state index in [1.54, 1.807) is 7.11 Å². The van der Waals surface area contributed by atoms with Gasteiger partial charge >= 0.3 is 0 Å². The molecule has 0 aliphatic rings. The fourth-order valence-electron chi connectivity index (χ4n) is 2.46. The van der Waals surface area contributed by atoms with Gasteiger partial charge in [0.05, 0.1) is 13.0 Å². The fraction of sp³-hybridized carbons (Fsp3) is 0.375. The molecule has 106 valence electrons. The van der Waals surface area contributed by atoms with E-state index < -0.39 is 0 Å². The minimum absolute atomic E-state index is 0.0284. The number of hydrogen-bond acceptors (Lipinski definition) is 3. The Morgan fingerprint density at radius 3 is 2.40 bits per heavy atom. The maximum atomic E-state index is 10.8. The summed E-state index contributed by atoms with van der Waals surface area (Å²) in [6.45, 7) is 4.01. The van der Waals surface area contributed by atoms with Crippen molar-refractivity contribution in [3.63, 3.8) is 0 Å². The van der Waals surface area contributed by atoms with E-state index in [-0.39, 0.29) is 23.3 Å². The monoisotopic (exact) mass is 273 g/mol. The number of fused-ring (bicyclic) bond motifs is 1. The summed E-state index contributed by atoms with van der Waals surface area (Å²) in [4.78, 5) is 10.6. The second-order valence-electron chi connectivity index (χ2n) is 5.34. The smallest absolute Gasteiger partial charge is 0.210 e. The van der Waals surface area contributed by atoms with Crippen LogP contribution in [-0.2, 0) is 0 Å². The molecule has 2 aromatic carbocycles. The van der Waals surface area contributed by atoms with Crippen molar-refractivity contribution in [3.05, 3.63) is 52.1 Å². The molecule has 0 fully saturated rings. The topological polar surface area (TPSA) is 52.4 Å². The maximum Gasteiger partial charge on any atom is 0.210 e. The van der Waals surface area contributed by atoms with Gasteiger partial charge in [-0.15, -0.1) is 0 Å². The molecule has 2 rings (SSSR count). The molecular formula is C16H19NO3. The van der Waals surface area contributed by atoms with Crippen LogP contribution in [0.4, 0.5) is 0 Å². The predicted octanol–water partition coefficient (Wildman–Crippen LogP) is 3.86. The van der Waals surface area contributed by atoms with Crippen LogP contribution in [0.25, 0.3) is 10.8 Å². The van der Waals surface area contributed by atoms with Crippen LogP contribution in [0.5, 0.6) is 5.75 Å². The summed E-state index contributed by atoms with van der Waals surface area (Å²) in [5, 5.41) is 13.0. The zero-order chi connectivity index (χ0) is 14.7. The van der Waals surface area contributed by atoms with Gasteiger partial charge in [0.1, 0.15) is 5.75 Å². The van der Waals surface area contributed by atoms with Gasteiger partial charge in [-0.2, -0.15) is 0 Å². The highest BCUT2D eigenvalue weighted by molar-refractivity contribution is 5.84. The van der Waals surface area contributed by atoms with E-state index >= 15 is 0 Å². The molecule has 1 unspecified atom stereocenters. The molecule has 20 heavy (non-hydrogen) atoms. The third-order valence-corrected chi connectivity index (χ3v) is 3.65. The van der Waals surface area contributed by atoms with E-state index in [4.69, 9.17) is 4.74 Å². The van der Waals surface area contributed by atoms with Crippen LogP contribution in [0.1, 0.15) is 25.3 Å². The van der Waals surface area contributed by atoms with Gasteiger partial charge in [-0.3, -0.25) is 10.1 Å². The van der Waals surface area contributed by atoms with Crippen LogP contribution in [0, 0.1) is 16.0 Å². The lowest BCUT2D eigenvalue weighted by Gasteiger charge is -2.17. The Kier molecular flexibility index (Phi) is 4.23. The van der Waals surface area contributed by atoms with E-state index in [1.807, 2.05) is 50.2 Å². The van der Waals surface area contributed by atoms with E-state index in [1.165, 1.54) is 0 Å². The summed E-state index contributed by atoms with van der Waals surface area (Å²) in [6.07, 6.45) is 0. The van der Waals surface area contributed by atoms with E-state index in [9.17, 15) is 10.1 Å². The molecule has 2 aromatic rings. The Balaban J connectivity index is 2.41. The van der Waals surface area contributed by atoms with Crippen molar-refractivity contribution in [1.29, 1.82) is 0 Å². The summed E-state index contributed by atoms with van der Waals surface area (Å²) < 4.78 is 5.20. The Bertz CT molecular complexity index is 622. The van der Waals surface area contributed by atoms with E-state index in [2.05, 4.69) is 0 Å². The molecule has 0 aliphatic carbocycles. The highest BCUT2D eigenvalue weighted by Gasteiger charge is 2.21. The molecule has 0 saturated carbocycles. The number of ether oxygens (including phenoxy) is 1. The quantitative estimate of drug-likeness (QED) is 0.614. The molecule has 4 nitrogen and oxygen atoms in total. The van der Waals surface area contributed by atoms with Gasteiger partial charge in [0.2, 0.25) is 6.54 Å². The number of benzene rings is 2. The van der Waals surface area contributed by atoms with Gasteiger partial charge in [-0.1, -0.05) is 38.1 Å². The lowest BCUT2D eigenvalue weighted by molar-refractivity contribution is -0.484. The van der Waals surface area contributed by atoms with Gasteiger partial charge in [-0.25, -0.2) is 0 Å². The molecule has 1 atom stereocenters. The molecule has 0 aromatic heterocycles. The van der Waals surface area contributed by atoms with Gasteiger partial charge in [0.15, 0.2) is 0 Å². The predicted molar refractivity (Wildman–Crippen MR) is 79.9 cm³/mol. The molecule has 0 bridgehead atoms. The minimum Gasteiger partial charge on any atom is -0.497 e. The largest absolute Gasteiger partial charge is 0.497 e. The van der Waals surface area contributed by atoms with Crippen molar-refractivity contribution in [2.75, 3.05) is 13.7 Å². The molecule has 0 spiro atoms. The Labute approximate surface area is 118 Å². The van der Waals surface area contributed by atoms with Crippen molar-refractivity contribution < 1.29 is 9.66 Å². The molecule has 4 heteroatoms. The SMILES string of the molecule is COc1ccc2cc(C(C[N+](=O)[O-])C(C)C)ccc2c1. The molecule has 0 radical (unpaired) electrons. The molecule has 0 amide bonds. The van der Waals surface area contributed by atoms with Crippen molar-refractivity contribution >= 4 is 10.8 Å². The number of hydrogen-bond donors (Lipinski definition) is 0. The summed E-state index contributed by atoms with van der Waals surface area (Å²) in [6, 6.07) is 11.9. The van der Waals surface area contributed by atoms with Crippen LogP contribution in [0.3, 0.4) is 0 Å². The highest BCUT2D eigenvalue weighted by atomic mass is 16.6. The molecule has 0 heterocycles. The van der Waals surface area contributed by atoms with E-state index in [0.717, 1.165) is 22.1 Å². The standard InChI is InChI=1S/C16H19NO3/c1-11(2)16(10-17(18)19)14-5-4-13-9-15(20-3)7-6-12(13)8-14/h4-9,11,16H,10H2,1-3H3. The van der Waals surface area contributed by atoms with E-state index in [0.29, 0.717) is 0 Å². The second kappa shape index (κ2) is 5.90. The first-order valence-electron chi connectivity index (χ1n) is 6.70. The molecule has 0 aliphatic heterocycles. The number of nitro groups is 1. The lowest BCUT2D eigenvalue weighted by atomic mass is 9.87. The van der Waals surface area contributed by atoms with Crippen LogP contribution >= 0.6 is 0 Å². The first-order valence-corrected chi connectivity index (χ1v) is 6.70. The summed E-state index contributed by atoms with van der Waals surface area (Å²) in [7, 11) is 1.64. The van der Waals surface area contributed by atoms with Crippen molar-refractivity contribution in [2.24, 2.45) is 5.92 Å². The Morgan fingerprint density at radius 1 is 1.15 bits per heavy atom. The average Bonchev–Trinajstić information content (AvgIpc) is 2.43. The van der Waals surface area contributed by atoms with Gasteiger partial charge in [-0.05, 0) is 34.4 Å². The lowest BCUT2D eigenvalue weighted by Crippen LogP contribution is -2.17. The fourth-order valence-corrected chi connectivity index (χ4v) is 2.46. The first-order chi connectivity index (χ1) is 9.51. The summed E-state index contributed by atoms with van der Waals surface area (Å²) in [5.41, 5.74) is 1.02. The number of rotatable bonds is 5. The maximum absolute atomic E-state index is 10.8. The third-order valence-electron chi connectivity index (χ3n) is 3.65. The summed E-state index contributed by atoms with van der Waals surface area (Å²) >= 11 is 0. The van der Waals surface area contributed by atoms with Gasteiger partial charge in [0, 0.05) is 4.92 Å². The van der Waals surface area contributed by atoms with Gasteiger partial charge in [0.25, 0.3) is 0 Å². The van der Waals surface area contributed by atoms with Crippen LogP contribution < -0.4 is 4.74 Å². The molecule has 0 saturated heterocycles. The van der Waals surface area contributed by atoms with Gasteiger partial charge < -0.3 is 4.74 Å². The third kappa shape index (κ3) is 3.07. The first kappa shape index (κ1) is 14.3. The Hall–Kier alpha value is -2.10. The molecule has 0 N–H and O–H groups in total. The van der Waals surface area contributed by atoms with Crippen molar-refractivity contribution in [1.82, 2.24) is 0 Å². The number of methoxy groups -OCH3 is 1. The van der Waals surface area contributed by atoms with Crippen molar-refractivity contribution in [3.8, 4) is 5.75 Å². The zero-order valence-electron chi connectivity index (χ0n) is 12.0. The minimum atomic E-state index is -0.233. The highest BCUT2D eigenvalue weighted by Crippen LogP contribution is 2.29. The van der Waals surface area contributed by atoms with Crippen LogP contribution in [-0.4, -0.2) is 18.6 Å². The second-order valence-corrected chi connectivity index (χ2v) is 5.34. The number of nitrogens with zero attached hydrogens (tertiary/aromatic N) is 1. The van der Waals surface area contributed by atoms with Crippen LogP contribution in [0.15, 0.2) is 36.4 Å². The average molecular weight is 273 g/mol.